The Balaban J connectivity index is 0.000000203. The molecule has 2 fully saturated rings. The number of amides is 1. The highest BCUT2D eigenvalue weighted by atomic mass is 16.5. The molecule has 2 saturated heterocycles. The largest absolute Gasteiger partial charge is 0.497 e. The molecule has 0 radical (unpaired) electrons. The highest BCUT2D eigenvalue weighted by Crippen LogP contribution is 2.10. The van der Waals surface area contributed by atoms with Gasteiger partial charge in [-0.05, 0) is 63.9 Å². The maximum absolute atomic E-state index is 10.0. The molecule has 2 heterocycles. The Hall–Kier alpha value is -1.83. The average molecular weight is 367 g/mol. The zero-order valence-corrected chi connectivity index (χ0v) is 15.8. The first-order valence-corrected chi connectivity index (χ1v) is 9.18. The average Bonchev–Trinajstić information content (AvgIpc) is 3.30. The second-order valence-corrected chi connectivity index (χ2v) is 6.54. The van der Waals surface area contributed by atoms with Crippen LogP contribution in [0.2, 0.25) is 0 Å². The molecule has 7 nitrogen and oxygen atoms in total. The molecule has 26 heavy (non-hydrogen) atoms. The van der Waals surface area contributed by atoms with Gasteiger partial charge >= 0.3 is 6.09 Å². The second-order valence-electron chi connectivity index (χ2n) is 6.54. The van der Waals surface area contributed by atoms with Gasteiger partial charge in [0.2, 0.25) is 0 Å². The predicted molar refractivity (Wildman–Crippen MR) is 103 cm³/mol. The van der Waals surface area contributed by atoms with Gasteiger partial charge in [0, 0.05) is 13.1 Å². The first-order chi connectivity index (χ1) is 12.5. The summed E-state index contributed by atoms with van der Waals surface area (Å²) in [5.41, 5.74) is 1.26. The van der Waals surface area contributed by atoms with Crippen molar-refractivity contribution in [2.24, 2.45) is 5.92 Å². The van der Waals surface area contributed by atoms with Gasteiger partial charge in [0.1, 0.15) is 5.75 Å². The molecule has 1 aromatic carbocycles. The fourth-order valence-corrected chi connectivity index (χ4v) is 2.66. The van der Waals surface area contributed by atoms with Gasteiger partial charge < -0.3 is 30.9 Å². The van der Waals surface area contributed by atoms with Gasteiger partial charge in [0.05, 0.1) is 13.2 Å². The highest BCUT2D eigenvalue weighted by Gasteiger charge is 2.13. The lowest BCUT2D eigenvalue weighted by Gasteiger charge is -2.06. The number of carboxylic acid groups (broad SMARTS) is 1. The molecule has 0 bridgehead atoms. The fraction of sp³-hybridized carbons (Fsp3) is 0.632. The number of ether oxygens (including phenoxy) is 1. The lowest BCUT2D eigenvalue weighted by atomic mass is 10.1. The number of aryl methyl sites for hydroxylation is 1. The third-order valence-corrected chi connectivity index (χ3v) is 4.28. The molecule has 1 aromatic rings. The van der Waals surface area contributed by atoms with Crippen molar-refractivity contribution in [1.29, 1.82) is 0 Å². The van der Waals surface area contributed by atoms with Gasteiger partial charge in [-0.15, -0.1) is 0 Å². The number of benzene rings is 1. The summed E-state index contributed by atoms with van der Waals surface area (Å²) in [6.07, 6.45) is 2.08. The Labute approximate surface area is 156 Å². The van der Waals surface area contributed by atoms with Crippen molar-refractivity contribution in [2.75, 3.05) is 39.8 Å². The summed E-state index contributed by atoms with van der Waals surface area (Å²) in [4.78, 5) is 10.0. The van der Waals surface area contributed by atoms with E-state index >= 15 is 0 Å². The van der Waals surface area contributed by atoms with Gasteiger partial charge in [-0.2, -0.15) is 0 Å². The number of methoxy groups -OCH3 is 1. The Kier molecular flexibility index (Phi) is 11.4. The number of aliphatic hydroxyl groups is 1. The maximum atomic E-state index is 10.0. The zero-order chi connectivity index (χ0) is 19.2. The van der Waals surface area contributed by atoms with Crippen LogP contribution in [0.4, 0.5) is 4.79 Å². The molecule has 5 N–H and O–H groups in total. The van der Waals surface area contributed by atoms with Crippen LogP contribution in [0.5, 0.6) is 5.75 Å². The first kappa shape index (κ1) is 22.2. The van der Waals surface area contributed by atoms with Gasteiger partial charge in [-0.3, -0.25) is 0 Å². The van der Waals surface area contributed by atoms with Crippen molar-refractivity contribution in [3.05, 3.63) is 29.8 Å². The van der Waals surface area contributed by atoms with E-state index in [1.807, 2.05) is 24.3 Å². The summed E-state index contributed by atoms with van der Waals surface area (Å²) in [5.74, 6) is 1.59. The highest BCUT2D eigenvalue weighted by molar-refractivity contribution is 5.64. The van der Waals surface area contributed by atoms with Gasteiger partial charge in [-0.1, -0.05) is 17.7 Å². The summed E-state index contributed by atoms with van der Waals surface area (Å²) in [6, 6.07) is 7.96. The molecule has 0 saturated carbocycles. The summed E-state index contributed by atoms with van der Waals surface area (Å²) >= 11 is 0. The number of hydrogen-bond acceptors (Lipinski definition) is 5. The topological polar surface area (TPSA) is 103 Å². The van der Waals surface area contributed by atoms with Crippen LogP contribution in [0.25, 0.3) is 0 Å². The summed E-state index contributed by atoms with van der Waals surface area (Å²) in [7, 11) is 1.67. The molecular weight excluding hydrogens is 334 g/mol. The Bertz CT molecular complexity index is 484. The summed E-state index contributed by atoms with van der Waals surface area (Å²) in [5, 5.41) is 25.5. The number of β-amino-alcohol motifs (C(OH)–C–C–N with tert-alkyl or cyclic N) is 1. The molecule has 0 aromatic heterocycles. The molecule has 3 rings (SSSR count). The van der Waals surface area contributed by atoms with Crippen molar-refractivity contribution < 1.29 is 19.7 Å². The Morgan fingerprint density at radius 2 is 1.85 bits per heavy atom. The zero-order valence-electron chi connectivity index (χ0n) is 15.8. The van der Waals surface area contributed by atoms with Crippen LogP contribution in [-0.4, -0.2) is 62.2 Å². The second kappa shape index (κ2) is 13.4. The molecule has 2 unspecified atom stereocenters. The van der Waals surface area contributed by atoms with E-state index < -0.39 is 6.09 Å². The summed E-state index contributed by atoms with van der Waals surface area (Å²) < 4.78 is 4.97. The molecule has 0 aliphatic carbocycles. The van der Waals surface area contributed by atoms with Crippen LogP contribution < -0.4 is 20.7 Å². The minimum Gasteiger partial charge on any atom is -0.497 e. The van der Waals surface area contributed by atoms with Crippen LogP contribution in [0.1, 0.15) is 24.8 Å². The van der Waals surface area contributed by atoms with E-state index in [0.717, 1.165) is 44.8 Å². The van der Waals surface area contributed by atoms with E-state index in [9.17, 15) is 4.79 Å². The summed E-state index contributed by atoms with van der Waals surface area (Å²) in [6.45, 7) is 6.54. The molecule has 1 amide bonds. The van der Waals surface area contributed by atoms with E-state index in [1.54, 1.807) is 7.11 Å². The number of rotatable bonds is 4. The first-order valence-electron chi connectivity index (χ1n) is 9.18. The fourth-order valence-electron chi connectivity index (χ4n) is 2.66. The van der Waals surface area contributed by atoms with Gasteiger partial charge in [0.15, 0.2) is 0 Å². The van der Waals surface area contributed by atoms with Crippen molar-refractivity contribution >= 4 is 6.09 Å². The van der Waals surface area contributed by atoms with Crippen molar-refractivity contribution in [2.45, 2.75) is 32.3 Å². The lowest BCUT2D eigenvalue weighted by molar-refractivity contribution is 0.193. The number of nitrogens with one attached hydrogen (secondary N) is 3. The van der Waals surface area contributed by atoms with E-state index in [2.05, 4.69) is 22.9 Å². The standard InChI is InChI=1S/C8H10O.C7H14N2O2.C4H9NO/c1-7-3-5-8(9-2)6-4-7;10-7(11)9-4-2-6-1-3-8-5-6;6-4-1-2-5-3-4/h3-6H,1-2H3;6,8-9H,1-5H2,(H,10,11);4-6H,1-3H2. The maximum Gasteiger partial charge on any atom is 0.404 e. The van der Waals surface area contributed by atoms with Crippen LogP contribution in [-0.2, 0) is 0 Å². The normalized spacial score (nSPS) is 21.0. The minimum absolute atomic E-state index is 0.0648. The van der Waals surface area contributed by atoms with Crippen LogP contribution in [0.3, 0.4) is 0 Å². The van der Waals surface area contributed by atoms with Crippen LogP contribution in [0.15, 0.2) is 24.3 Å². The van der Waals surface area contributed by atoms with Gasteiger partial charge in [-0.25, -0.2) is 4.79 Å². The van der Waals surface area contributed by atoms with Crippen LogP contribution in [0, 0.1) is 12.8 Å². The third kappa shape index (κ3) is 10.9. The monoisotopic (exact) mass is 367 g/mol. The predicted octanol–water partition coefficient (Wildman–Crippen LogP) is 1.60. The SMILES string of the molecule is COc1ccc(C)cc1.O=C(O)NCCC1CCNC1.OC1CCNC1. The third-order valence-electron chi connectivity index (χ3n) is 4.28. The van der Waals surface area contributed by atoms with E-state index in [0.29, 0.717) is 12.5 Å². The Morgan fingerprint density at radius 3 is 2.27 bits per heavy atom. The van der Waals surface area contributed by atoms with E-state index in [4.69, 9.17) is 14.9 Å². The molecule has 0 spiro atoms. The van der Waals surface area contributed by atoms with Crippen LogP contribution >= 0.6 is 0 Å². The van der Waals surface area contributed by atoms with E-state index in [-0.39, 0.29) is 6.10 Å². The van der Waals surface area contributed by atoms with E-state index in [1.165, 1.54) is 12.0 Å². The molecule has 148 valence electrons. The van der Waals surface area contributed by atoms with Crippen molar-refractivity contribution in [3.63, 3.8) is 0 Å². The van der Waals surface area contributed by atoms with Gasteiger partial charge in [0.25, 0.3) is 0 Å². The van der Waals surface area contributed by atoms with Crippen molar-refractivity contribution in [1.82, 2.24) is 16.0 Å². The molecule has 2 aliphatic heterocycles. The minimum atomic E-state index is -0.920. The number of aliphatic hydroxyl groups excluding tert-OH is 1. The quantitative estimate of drug-likeness (QED) is 0.554. The lowest BCUT2D eigenvalue weighted by Crippen LogP contribution is -2.24. The number of carbonyl (C=O) groups is 1. The Morgan fingerprint density at radius 1 is 1.19 bits per heavy atom. The molecule has 2 aliphatic rings. The van der Waals surface area contributed by atoms with Crippen molar-refractivity contribution in [3.8, 4) is 5.75 Å². The molecule has 7 heteroatoms. The smallest absolute Gasteiger partial charge is 0.404 e. The molecule has 2 atom stereocenters. The molecular formula is C19H33N3O4. The number of hydrogen-bond donors (Lipinski definition) is 5.